The lowest BCUT2D eigenvalue weighted by molar-refractivity contribution is 1.33. The number of aromatic amines is 1. The molecule has 0 radical (unpaired) electrons. The van der Waals surface area contributed by atoms with Crippen LogP contribution >= 0.6 is 0 Å². The Morgan fingerprint density at radius 3 is 2.83 bits per heavy atom. The molecule has 2 heteroatoms. The summed E-state index contributed by atoms with van der Waals surface area (Å²) in [5.74, 6) is 0.929. The molecule has 1 aromatic rings. The third-order valence-electron chi connectivity index (χ3n) is 1.46. The van der Waals surface area contributed by atoms with E-state index in [1.54, 1.807) is 6.21 Å². The van der Waals surface area contributed by atoms with Gasteiger partial charge in [-0.1, -0.05) is 11.6 Å². The van der Waals surface area contributed by atoms with Crippen molar-refractivity contribution in [2.75, 3.05) is 0 Å². The summed E-state index contributed by atoms with van der Waals surface area (Å²) in [7, 11) is 0. The van der Waals surface area contributed by atoms with E-state index >= 15 is 0 Å². The van der Waals surface area contributed by atoms with Crippen molar-refractivity contribution in [2.24, 2.45) is 4.99 Å². The maximum Gasteiger partial charge on any atom is 0.136 e. The Morgan fingerprint density at radius 2 is 2.25 bits per heavy atom. The molecule has 12 heavy (non-hydrogen) atoms. The fourth-order valence-corrected chi connectivity index (χ4v) is 1.04. The van der Waals surface area contributed by atoms with Crippen LogP contribution in [0.3, 0.4) is 0 Å². The van der Waals surface area contributed by atoms with E-state index in [1.165, 1.54) is 5.57 Å². The zero-order chi connectivity index (χ0) is 8.97. The predicted octanol–water partition coefficient (Wildman–Crippen LogP) is 3.16. The van der Waals surface area contributed by atoms with Crippen LogP contribution in [0.1, 0.15) is 26.3 Å². The third kappa shape index (κ3) is 2.09. The molecule has 64 valence electrons. The second-order valence-electron chi connectivity index (χ2n) is 2.89. The van der Waals surface area contributed by atoms with Gasteiger partial charge in [-0.15, -0.1) is 0 Å². The normalized spacial score (nSPS) is 10.6. The van der Waals surface area contributed by atoms with Gasteiger partial charge in [0.1, 0.15) is 5.82 Å². The molecule has 1 heterocycles. The second kappa shape index (κ2) is 3.90. The summed E-state index contributed by atoms with van der Waals surface area (Å²) >= 11 is 0. The molecule has 0 aliphatic heterocycles. The van der Waals surface area contributed by atoms with Crippen molar-refractivity contribution >= 4 is 18.1 Å². The molecule has 0 bridgehead atoms. The molecule has 1 rings (SSSR count). The number of aromatic nitrogens is 1. The molecule has 0 aliphatic carbocycles. The Morgan fingerprint density at radius 1 is 1.50 bits per heavy atom. The van der Waals surface area contributed by atoms with Gasteiger partial charge in [0.15, 0.2) is 0 Å². The largest absolute Gasteiger partial charge is 0.346 e. The first-order chi connectivity index (χ1) is 5.74. The van der Waals surface area contributed by atoms with Gasteiger partial charge in [-0.05, 0) is 26.8 Å². The van der Waals surface area contributed by atoms with Crippen LogP contribution in [0.2, 0.25) is 0 Å². The monoisotopic (exact) mass is 162 g/mol. The summed E-state index contributed by atoms with van der Waals surface area (Å²) in [6.45, 7) is 6.06. The van der Waals surface area contributed by atoms with Crippen LogP contribution in [0.25, 0.3) is 6.08 Å². The average Bonchev–Trinajstić information content (AvgIpc) is 2.37. The summed E-state index contributed by atoms with van der Waals surface area (Å²) < 4.78 is 0. The van der Waals surface area contributed by atoms with E-state index in [-0.39, 0.29) is 0 Å². The van der Waals surface area contributed by atoms with Crippen molar-refractivity contribution in [2.45, 2.75) is 20.8 Å². The van der Waals surface area contributed by atoms with Crippen LogP contribution in [0.5, 0.6) is 0 Å². The lowest BCUT2D eigenvalue weighted by Crippen LogP contribution is -1.70. The predicted molar refractivity (Wildman–Crippen MR) is 53.9 cm³/mol. The van der Waals surface area contributed by atoms with Crippen molar-refractivity contribution in [1.82, 2.24) is 4.98 Å². The SMILES string of the molecule is CC=Nc1[nH]ccc1C=C(C)C. The zero-order valence-corrected chi connectivity index (χ0v) is 7.76. The Labute approximate surface area is 73.0 Å². The molecular weight excluding hydrogens is 148 g/mol. The highest BCUT2D eigenvalue weighted by atomic mass is 14.9. The Balaban J connectivity index is 2.99. The van der Waals surface area contributed by atoms with Crippen molar-refractivity contribution in [3.8, 4) is 0 Å². The first-order valence-corrected chi connectivity index (χ1v) is 4.05. The van der Waals surface area contributed by atoms with Gasteiger partial charge < -0.3 is 4.98 Å². The third-order valence-corrected chi connectivity index (χ3v) is 1.46. The smallest absolute Gasteiger partial charge is 0.136 e. The second-order valence-corrected chi connectivity index (χ2v) is 2.89. The standard InChI is InChI=1S/C10H14N2/c1-4-11-10-9(5-6-12-10)7-8(2)3/h4-7,12H,1-3H3. The van der Waals surface area contributed by atoms with Gasteiger partial charge >= 0.3 is 0 Å². The van der Waals surface area contributed by atoms with Gasteiger partial charge in [-0.25, -0.2) is 4.99 Å². The molecule has 2 nitrogen and oxygen atoms in total. The van der Waals surface area contributed by atoms with E-state index in [2.05, 4.69) is 29.9 Å². The van der Waals surface area contributed by atoms with Gasteiger partial charge in [-0.2, -0.15) is 0 Å². The zero-order valence-electron chi connectivity index (χ0n) is 7.76. The topological polar surface area (TPSA) is 28.1 Å². The summed E-state index contributed by atoms with van der Waals surface area (Å²) in [4.78, 5) is 7.26. The minimum Gasteiger partial charge on any atom is -0.346 e. The van der Waals surface area contributed by atoms with Crippen LogP contribution in [-0.4, -0.2) is 11.2 Å². The molecule has 0 aliphatic rings. The highest BCUT2D eigenvalue weighted by Gasteiger charge is 1.96. The first-order valence-electron chi connectivity index (χ1n) is 4.05. The minimum atomic E-state index is 0.929. The average molecular weight is 162 g/mol. The summed E-state index contributed by atoms with van der Waals surface area (Å²) in [6, 6.07) is 2.02. The molecule has 0 aromatic carbocycles. The van der Waals surface area contributed by atoms with Crippen LogP contribution in [0, 0.1) is 0 Å². The maximum atomic E-state index is 4.19. The number of hydrogen-bond acceptors (Lipinski definition) is 1. The number of nitrogens with one attached hydrogen (secondary N) is 1. The fourth-order valence-electron chi connectivity index (χ4n) is 1.04. The van der Waals surface area contributed by atoms with E-state index in [1.807, 2.05) is 19.2 Å². The minimum absolute atomic E-state index is 0.929. The molecule has 0 saturated carbocycles. The number of hydrogen-bond donors (Lipinski definition) is 1. The van der Waals surface area contributed by atoms with Crippen molar-refractivity contribution in [1.29, 1.82) is 0 Å². The van der Waals surface area contributed by atoms with Crippen molar-refractivity contribution in [3.63, 3.8) is 0 Å². The maximum absolute atomic E-state index is 4.19. The lowest BCUT2D eigenvalue weighted by atomic mass is 10.2. The molecule has 0 fully saturated rings. The molecule has 0 atom stereocenters. The first kappa shape index (κ1) is 8.78. The van der Waals surface area contributed by atoms with E-state index < -0.39 is 0 Å². The van der Waals surface area contributed by atoms with Gasteiger partial charge in [0.25, 0.3) is 0 Å². The Bertz CT molecular complexity index is 301. The highest BCUT2D eigenvalue weighted by molar-refractivity contribution is 5.67. The van der Waals surface area contributed by atoms with Crippen LogP contribution in [0.15, 0.2) is 22.8 Å². The number of H-pyrrole nitrogens is 1. The summed E-state index contributed by atoms with van der Waals surface area (Å²) in [6.07, 6.45) is 5.80. The van der Waals surface area contributed by atoms with Crippen molar-refractivity contribution in [3.05, 3.63) is 23.4 Å². The number of allylic oxidation sites excluding steroid dienone is 1. The molecular formula is C10H14N2. The van der Waals surface area contributed by atoms with Gasteiger partial charge in [-0.3, -0.25) is 0 Å². The number of aliphatic imine (C=N–C) groups is 1. The fraction of sp³-hybridized carbons (Fsp3) is 0.300. The summed E-state index contributed by atoms with van der Waals surface area (Å²) in [5.41, 5.74) is 2.43. The van der Waals surface area contributed by atoms with E-state index in [0.29, 0.717) is 0 Å². The number of nitrogens with zero attached hydrogens (tertiary/aromatic N) is 1. The molecule has 0 saturated heterocycles. The highest BCUT2D eigenvalue weighted by Crippen LogP contribution is 2.18. The molecule has 1 aromatic heterocycles. The van der Waals surface area contributed by atoms with Crippen LogP contribution < -0.4 is 0 Å². The lowest BCUT2D eigenvalue weighted by Gasteiger charge is -1.92. The summed E-state index contributed by atoms with van der Waals surface area (Å²) in [5, 5.41) is 0. The van der Waals surface area contributed by atoms with Crippen LogP contribution in [-0.2, 0) is 0 Å². The van der Waals surface area contributed by atoms with Gasteiger partial charge in [0, 0.05) is 18.0 Å². The Hall–Kier alpha value is -1.31. The van der Waals surface area contributed by atoms with E-state index in [9.17, 15) is 0 Å². The number of rotatable bonds is 2. The van der Waals surface area contributed by atoms with Crippen molar-refractivity contribution < 1.29 is 0 Å². The Kier molecular flexibility index (Phi) is 2.86. The quantitative estimate of drug-likeness (QED) is 0.647. The molecule has 0 amide bonds. The van der Waals surface area contributed by atoms with E-state index in [4.69, 9.17) is 0 Å². The van der Waals surface area contributed by atoms with Gasteiger partial charge in [0.2, 0.25) is 0 Å². The van der Waals surface area contributed by atoms with Gasteiger partial charge in [0.05, 0.1) is 0 Å². The molecule has 1 N–H and O–H groups in total. The van der Waals surface area contributed by atoms with E-state index in [0.717, 1.165) is 11.4 Å². The molecule has 0 spiro atoms. The molecule has 0 unspecified atom stereocenters. The van der Waals surface area contributed by atoms with Crippen LogP contribution in [0.4, 0.5) is 5.82 Å².